The molecule has 0 fully saturated rings. The lowest BCUT2D eigenvalue weighted by molar-refractivity contribution is 0.0928. The second kappa shape index (κ2) is 6.35. The number of carbonyl (C=O) groups excluding carboxylic acids is 1. The number of furan rings is 1. The van der Waals surface area contributed by atoms with Gasteiger partial charge >= 0.3 is 0 Å². The second-order valence-corrected chi connectivity index (χ2v) is 5.88. The summed E-state index contributed by atoms with van der Waals surface area (Å²) in [4.78, 5) is 17.5. The lowest BCUT2D eigenvalue weighted by atomic mass is 10.1. The summed E-state index contributed by atoms with van der Waals surface area (Å²) < 4.78 is 12.6. The van der Waals surface area contributed by atoms with Gasteiger partial charge < -0.3 is 9.15 Å². The van der Waals surface area contributed by atoms with E-state index in [4.69, 9.17) is 9.15 Å². The van der Waals surface area contributed by atoms with E-state index in [0.717, 1.165) is 16.7 Å². The molecule has 2 aromatic heterocycles. The van der Waals surface area contributed by atoms with Gasteiger partial charge in [-0.2, -0.15) is 0 Å². The van der Waals surface area contributed by atoms with Crippen LogP contribution in [-0.2, 0) is 0 Å². The third-order valence-corrected chi connectivity index (χ3v) is 3.79. The van der Waals surface area contributed by atoms with Crippen LogP contribution >= 0.6 is 0 Å². The molecule has 24 heavy (non-hydrogen) atoms. The third-order valence-electron chi connectivity index (χ3n) is 3.79. The van der Waals surface area contributed by atoms with Crippen molar-refractivity contribution in [1.82, 2.24) is 4.57 Å². The standard InChI is InChI=1S/C19H20N2O3/c1-12(2)20-17-7-5-6-10-21(17)19(22)18-13(3)15-11-14(23-4)8-9-16(15)24-18/h5-12H,1-4H3. The monoisotopic (exact) mass is 324 g/mol. The first-order valence-corrected chi connectivity index (χ1v) is 7.84. The topological polar surface area (TPSA) is 56.7 Å². The Labute approximate surface area is 140 Å². The van der Waals surface area contributed by atoms with Gasteiger partial charge in [0.05, 0.1) is 7.11 Å². The van der Waals surface area contributed by atoms with E-state index in [1.165, 1.54) is 4.57 Å². The number of carbonyl (C=O) groups is 1. The number of nitrogens with zero attached hydrogens (tertiary/aromatic N) is 2. The molecule has 0 unspecified atom stereocenters. The zero-order valence-corrected chi connectivity index (χ0v) is 14.2. The summed E-state index contributed by atoms with van der Waals surface area (Å²) >= 11 is 0. The molecular formula is C19H20N2O3. The minimum Gasteiger partial charge on any atom is -0.497 e. The van der Waals surface area contributed by atoms with E-state index in [9.17, 15) is 4.79 Å². The van der Waals surface area contributed by atoms with Crippen molar-refractivity contribution in [1.29, 1.82) is 0 Å². The average Bonchev–Trinajstić information content (AvgIpc) is 2.90. The largest absolute Gasteiger partial charge is 0.497 e. The highest BCUT2D eigenvalue weighted by molar-refractivity contribution is 6.00. The third kappa shape index (κ3) is 2.85. The molecule has 3 rings (SSSR count). The van der Waals surface area contributed by atoms with Gasteiger partial charge in [-0.25, -0.2) is 0 Å². The Bertz CT molecular complexity index is 964. The van der Waals surface area contributed by atoms with Crippen molar-refractivity contribution < 1.29 is 13.9 Å². The Morgan fingerprint density at radius 1 is 1.25 bits per heavy atom. The van der Waals surface area contributed by atoms with Gasteiger partial charge in [0.2, 0.25) is 0 Å². The lowest BCUT2D eigenvalue weighted by Crippen LogP contribution is -2.28. The summed E-state index contributed by atoms with van der Waals surface area (Å²) in [5.41, 5.74) is 2.06. The zero-order chi connectivity index (χ0) is 17.3. The van der Waals surface area contributed by atoms with Crippen LogP contribution in [0.4, 0.5) is 0 Å². The Balaban J connectivity index is 2.15. The first kappa shape index (κ1) is 16.1. The van der Waals surface area contributed by atoms with Gasteiger partial charge in [-0.15, -0.1) is 0 Å². The maximum Gasteiger partial charge on any atom is 0.299 e. The molecule has 124 valence electrons. The minimum atomic E-state index is -0.234. The van der Waals surface area contributed by atoms with Crippen LogP contribution in [0.5, 0.6) is 5.75 Å². The molecule has 0 aliphatic carbocycles. The summed E-state index contributed by atoms with van der Waals surface area (Å²) in [5, 5.41) is 0.872. The zero-order valence-electron chi connectivity index (χ0n) is 14.2. The van der Waals surface area contributed by atoms with Gasteiger partial charge in [0.1, 0.15) is 16.8 Å². The van der Waals surface area contributed by atoms with E-state index >= 15 is 0 Å². The second-order valence-electron chi connectivity index (χ2n) is 5.88. The molecule has 0 amide bonds. The van der Waals surface area contributed by atoms with Crippen LogP contribution in [0.25, 0.3) is 11.0 Å². The van der Waals surface area contributed by atoms with E-state index in [-0.39, 0.29) is 11.9 Å². The molecule has 2 heterocycles. The van der Waals surface area contributed by atoms with Crippen molar-refractivity contribution >= 4 is 16.9 Å². The molecule has 5 nitrogen and oxygen atoms in total. The Morgan fingerprint density at radius 3 is 2.75 bits per heavy atom. The molecule has 5 heteroatoms. The van der Waals surface area contributed by atoms with Gasteiger partial charge in [0.15, 0.2) is 5.76 Å². The molecule has 0 saturated carbocycles. The van der Waals surface area contributed by atoms with Crippen molar-refractivity contribution in [3.8, 4) is 5.75 Å². The molecule has 0 bridgehead atoms. The van der Waals surface area contributed by atoms with E-state index < -0.39 is 0 Å². The Kier molecular flexibility index (Phi) is 4.25. The first-order chi connectivity index (χ1) is 11.5. The van der Waals surface area contributed by atoms with Crippen LogP contribution in [0, 0.1) is 6.92 Å². The van der Waals surface area contributed by atoms with Crippen molar-refractivity contribution in [2.24, 2.45) is 4.99 Å². The number of benzene rings is 1. The smallest absolute Gasteiger partial charge is 0.299 e. The molecule has 1 aromatic carbocycles. The molecular weight excluding hydrogens is 304 g/mol. The Morgan fingerprint density at radius 2 is 2.04 bits per heavy atom. The summed E-state index contributed by atoms with van der Waals surface area (Å²) in [6, 6.07) is 11.1. The molecule has 0 saturated heterocycles. The quantitative estimate of drug-likeness (QED) is 0.740. The SMILES string of the molecule is COc1ccc2oc(C(=O)n3ccccc3=NC(C)C)c(C)c2c1. The van der Waals surface area contributed by atoms with Crippen LogP contribution in [0.3, 0.4) is 0 Å². The number of ether oxygens (including phenoxy) is 1. The van der Waals surface area contributed by atoms with Crippen molar-refractivity contribution in [3.05, 3.63) is 59.4 Å². The number of hydrogen-bond acceptors (Lipinski definition) is 4. The van der Waals surface area contributed by atoms with Gasteiger partial charge in [-0.05, 0) is 51.1 Å². The number of rotatable bonds is 3. The van der Waals surface area contributed by atoms with Gasteiger partial charge in [-0.3, -0.25) is 14.4 Å². The van der Waals surface area contributed by atoms with Crippen LogP contribution in [0.2, 0.25) is 0 Å². The summed E-state index contributed by atoms with van der Waals surface area (Å²) in [6.07, 6.45) is 1.71. The maximum absolute atomic E-state index is 13.0. The Hall–Kier alpha value is -2.82. The fraction of sp³-hybridized carbons (Fsp3) is 0.263. The number of pyridine rings is 1. The highest BCUT2D eigenvalue weighted by atomic mass is 16.5. The number of aromatic nitrogens is 1. The molecule has 0 aliphatic rings. The van der Waals surface area contributed by atoms with Gasteiger partial charge in [0, 0.05) is 23.2 Å². The normalized spacial score (nSPS) is 12.1. The van der Waals surface area contributed by atoms with E-state index in [0.29, 0.717) is 16.8 Å². The van der Waals surface area contributed by atoms with Crippen molar-refractivity contribution in [2.45, 2.75) is 26.8 Å². The number of aryl methyl sites for hydroxylation is 1. The molecule has 0 aliphatic heterocycles. The fourth-order valence-electron chi connectivity index (χ4n) is 2.62. The predicted octanol–water partition coefficient (Wildman–Crippen LogP) is 3.55. The van der Waals surface area contributed by atoms with Crippen LogP contribution in [0.15, 0.2) is 52.0 Å². The van der Waals surface area contributed by atoms with Crippen LogP contribution in [0.1, 0.15) is 30.0 Å². The van der Waals surface area contributed by atoms with Gasteiger partial charge in [0.25, 0.3) is 5.91 Å². The van der Waals surface area contributed by atoms with Crippen LogP contribution in [-0.4, -0.2) is 23.6 Å². The molecule has 0 spiro atoms. The van der Waals surface area contributed by atoms with Crippen molar-refractivity contribution in [2.75, 3.05) is 7.11 Å². The number of fused-ring (bicyclic) bond motifs is 1. The summed E-state index contributed by atoms with van der Waals surface area (Å²) in [5.74, 6) is 0.811. The van der Waals surface area contributed by atoms with Crippen LogP contribution < -0.4 is 10.2 Å². The molecule has 0 atom stereocenters. The maximum atomic E-state index is 13.0. The first-order valence-electron chi connectivity index (χ1n) is 7.84. The summed E-state index contributed by atoms with van der Waals surface area (Å²) in [7, 11) is 1.61. The van der Waals surface area contributed by atoms with E-state index in [2.05, 4.69) is 4.99 Å². The average molecular weight is 324 g/mol. The number of methoxy groups -OCH3 is 1. The van der Waals surface area contributed by atoms with Gasteiger partial charge in [-0.1, -0.05) is 6.07 Å². The molecule has 0 N–H and O–H groups in total. The molecule has 0 radical (unpaired) electrons. The van der Waals surface area contributed by atoms with E-state index in [1.807, 2.05) is 51.1 Å². The van der Waals surface area contributed by atoms with E-state index in [1.54, 1.807) is 19.4 Å². The predicted molar refractivity (Wildman–Crippen MR) is 92.4 cm³/mol. The molecule has 3 aromatic rings. The minimum absolute atomic E-state index is 0.0903. The fourth-order valence-corrected chi connectivity index (χ4v) is 2.62. The lowest BCUT2D eigenvalue weighted by Gasteiger charge is -2.05. The summed E-state index contributed by atoms with van der Waals surface area (Å²) in [6.45, 7) is 5.82. The van der Waals surface area contributed by atoms with Crippen molar-refractivity contribution in [3.63, 3.8) is 0 Å². The highest BCUT2D eigenvalue weighted by Gasteiger charge is 2.19. The highest BCUT2D eigenvalue weighted by Crippen LogP contribution is 2.29. The number of hydrogen-bond donors (Lipinski definition) is 0.